The van der Waals surface area contributed by atoms with Gasteiger partial charge in [0.25, 0.3) is 0 Å². The molecule has 0 radical (unpaired) electrons. The van der Waals surface area contributed by atoms with E-state index in [1.165, 1.54) is 10.6 Å². The molecule has 0 bridgehead atoms. The summed E-state index contributed by atoms with van der Waals surface area (Å²) in [5.74, 6) is -0.310. The minimum absolute atomic E-state index is 0.124. The number of rotatable bonds is 12. The molecule has 1 aliphatic rings. The number of carbonyl (C=O) groups excluding carboxylic acids is 2. The average Bonchev–Trinajstić information content (AvgIpc) is 3.35. The number of carbonyl (C=O) groups is 2. The number of amides is 2. The smallest absolute Gasteiger partial charge is 0.243 e. The van der Waals surface area contributed by atoms with Crippen molar-refractivity contribution in [2.45, 2.75) is 77.4 Å². The van der Waals surface area contributed by atoms with Crippen molar-refractivity contribution in [3.63, 3.8) is 0 Å². The lowest BCUT2D eigenvalue weighted by Crippen LogP contribution is -2.51. The highest BCUT2D eigenvalue weighted by Gasteiger charge is 2.30. The van der Waals surface area contributed by atoms with E-state index >= 15 is 0 Å². The van der Waals surface area contributed by atoms with Crippen LogP contribution in [0.4, 0.5) is 5.69 Å². The number of hydrogen-bond acceptors (Lipinski definition) is 4. The third kappa shape index (κ3) is 8.47. The molecule has 1 atom stereocenters. The lowest BCUT2D eigenvalue weighted by molar-refractivity contribution is -0.141. The molecule has 2 aromatic carbocycles. The number of anilines is 1. The molecule has 2 aromatic rings. The van der Waals surface area contributed by atoms with Crippen LogP contribution in [0.25, 0.3) is 0 Å². The normalized spacial score (nSPS) is 14.8. The van der Waals surface area contributed by atoms with E-state index in [4.69, 9.17) is 11.6 Å². The van der Waals surface area contributed by atoms with Crippen molar-refractivity contribution in [3.05, 3.63) is 64.7 Å². The average molecular weight is 548 g/mol. The van der Waals surface area contributed by atoms with Gasteiger partial charge in [-0.2, -0.15) is 0 Å². The maximum atomic E-state index is 13.5. The number of nitrogens with one attached hydrogen (secondary N) is 1. The van der Waals surface area contributed by atoms with Crippen molar-refractivity contribution in [2.75, 3.05) is 17.1 Å². The molecule has 0 aromatic heterocycles. The molecule has 7 nitrogen and oxygen atoms in total. The zero-order chi connectivity index (χ0) is 27.0. The second-order valence-electron chi connectivity index (χ2n) is 9.84. The fourth-order valence-electron chi connectivity index (χ4n) is 4.86. The fourth-order valence-corrected chi connectivity index (χ4v) is 5.94. The van der Waals surface area contributed by atoms with Gasteiger partial charge in [-0.05, 0) is 68.0 Å². The van der Waals surface area contributed by atoms with Crippen molar-refractivity contribution >= 4 is 39.1 Å². The summed E-state index contributed by atoms with van der Waals surface area (Å²) < 4.78 is 26.3. The summed E-state index contributed by atoms with van der Waals surface area (Å²) in [5.41, 5.74) is 2.41. The molecule has 0 spiro atoms. The van der Waals surface area contributed by atoms with Gasteiger partial charge in [0.2, 0.25) is 21.8 Å². The van der Waals surface area contributed by atoms with Crippen LogP contribution in [0.3, 0.4) is 0 Å². The second kappa shape index (κ2) is 13.3. The van der Waals surface area contributed by atoms with Gasteiger partial charge in [-0.1, -0.05) is 55.6 Å². The second-order valence-corrected chi connectivity index (χ2v) is 12.2. The number of aryl methyl sites for hydroxylation is 1. The van der Waals surface area contributed by atoms with Crippen molar-refractivity contribution in [3.8, 4) is 0 Å². The predicted molar refractivity (Wildman–Crippen MR) is 149 cm³/mol. The summed E-state index contributed by atoms with van der Waals surface area (Å²) in [7, 11) is -3.52. The van der Waals surface area contributed by atoms with Gasteiger partial charge in [0, 0.05) is 30.6 Å². The molecule has 37 heavy (non-hydrogen) atoms. The van der Waals surface area contributed by atoms with Crippen LogP contribution in [0.5, 0.6) is 0 Å². The molecule has 2 amide bonds. The zero-order valence-electron chi connectivity index (χ0n) is 22.0. The third-order valence-corrected chi connectivity index (χ3v) is 8.24. The van der Waals surface area contributed by atoms with E-state index in [9.17, 15) is 18.0 Å². The van der Waals surface area contributed by atoms with Gasteiger partial charge in [0.15, 0.2) is 0 Å². The third-order valence-electron chi connectivity index (χ3n) is 6.80. The summed E-state index contributed by atoms with van der Waals surface area (Å²) in [6, 6.07) is 14.1. The van der Waals surface area contributed by atoms with Crippen LogP contribution >= 0.6 is 11.6 Å². The Morgan fingerprint density at radius 3 is 2.38 bits per heavy atom. The lowest BCUT2D eigenvalue weighted by atomic mass is 10.1. The first-order valence-electron chi connectivity index (χ1n) is 13.0. The van der Waals surface area contributed by atoms with Crippen molar-refractivity contribution in [1.29, 1.82) is 0 Å². The summed E-state index contributed by atoms with van der Waals surface area (Å²) >= 11 is 6.04. The molecule has 202 valence electrons. The fraction of sp³-hybridized carbons (Fsp3) is 0.500. The van der Waals surface area contributed by atoms with E-state index in [1.54, 1.807) is 23.1 Å². The minimum Gasteiger partial charge on any atom is -0.352 e. The van der Waals surface area contributed by atoms with Crippen LogP contribution in [0.2, 0.25) is 5.02 Å². The molecule has 3 rings (SSSR count). The Balaban J connectivity index is 1.75. The molecular formula is C28H38ClN3O4S. The zero-order valence-corrected chi connectivity index (χ0v) is 23.5. The van der Waals surface area contributed by atoms with Crippen LogP contribution in [0.1, 0.15) is 63.0 Å². The van der Waals surface area contributed by atoms with Crippen LogP contribution < -0.4 is 9.62 Å². The summed E-state index contributed by atoms with van der Waals surface area (Å²) in [4.78, 5) is 28.4. The molecule has 0 saturated heterocycles. The highest BCUT2D eigenvalue weighted by Crippen LogP contribution is 2.22. The Bertz CT molecular complexity index is 1160. The Hall–Kier alpha value is -2.58. The first kappa shape index (κ1) is 29.0. The molecule has 0 aliphatic heterocycles. The van der Waals surface area contributed by atoms with Crippen LogP contribution in [0, 0.1) is 6.92 Å². The van der Waals surface area contributed by atoms with Crippen molar-refractivity contribution < 1.29 is 18.0 Å². The molecule has 0 heterocycles. The number of halogens is 1. The minimum atomic E-state index is -3.52. The highest BCUT2D eigenvalue weighted by atomic mass is 35.5. The molecule has 1 saturated carbocycles. The molecule has 1 fully saturated rings. The van der Waals surface area contributed by atoms with Crippen LogP contribution in [0.15, 0.2) is 48.5 Å². The topological polar surface area (TPSA) is 86.8 Å². The van der Waals surface area contributed by atoms with E-state index in [2.05, 4.69) is 5.32 Å². The lowest BCUT2D eigenvalue weighted by Gasteiger charge is -2.32. The van der Waals surface area contributed by atoms with Gasteiger partial charge in [0.1, 0.15) is 6.04 Å². The van der Waals surface area contributed by atoms with Gasteiger partial charge < -0.3 is 10.2 Å². The van der Waals surface area contributed by atoms with E-state index in [0.29, 0.717) is 23.6 Å². The van der Waals surface area contributed by atoms with E-state index < -0.39 is 16.1 Å². The van der Waals surface area contributed by atoms with Gasteiger partial charge in [-0.3, -0.25) is 13.9 Å². The van der Waals surface area contributed by atoms with Gasteiger partial charge >= 0.3 is 0 Å². The van der Waals surface area contributed by atoms with Gasteiger partial charge in [-0.25, -0.2) is 8.42 Å². The molecule has 1 unspecified atom stereocenters. The first-order valence-corrected chi connectivity index (χ1v) is 15.2. The molecular weight excluding hydrogens is 510 g/mol. The Morgan fingerprint density at radius 1 is 1.11 bits per heavy atom. The highest BCUT2D eigenvalue weighted by molar-refractivity contribution is 7.92. The van der Waals surface area contributed by atoms with Crippen molar-refractivity contribution in [2.24, 2.45) is 0 Å². The SMILES string of the molecule is CCC(C(=O)NC1CCCC1)N(Cc1ccc(Cl)cc1)C(=O)CCCN(c1cccc(C)c1)S(C)(=O)=O. The van der Waals surface area contributed by atoms with Gasteiger partial charge in [-0.15, -0.1) is 0 Å². The number of hydrogen-bond donors (Lipinski definition) is 1. The molecule has 1 N–H and O–H groups in total. The summed E-state index contributed by atoms with van der Waals surface area (Å²) in [6.45, 7) is 4.27. The Kier molecular flexibility index (Phi) is 10.4. The van der Waals surface area contributed by atoms with Crippen LogP contribution in [-0.4, -0.2) is 50.0 Å². The summed E-state index contributed by atoms with van der Waals surface area (Å²) in [6.07, 6.45) is 6.25. The monoisotopic (exact) mass is 547 g/mol. The molecule has 9 heteroatoms. The largest absolute Gasteiger partial charge is 0.352 e. The predicted octanol–water partition coefficient (Wildman–Crippen LogP) is 5.06. The quantitative estimate of drug-likeness (QED) is 0.402. The number of sulfonamides is 1. The Morgan fingerprint density at radius 2 is 1.78 bits per heavy atom. The maximum Gasteiger partial charge on any atom is 0.243 e. The standard InChI is InChI=1S/C28H38ClN3O4S/c1-4-26(28(34)30-24-10-5-6-11-24)31(20-22-14-16-23(29)17-15-22)27(33)13-8-18-32(37(3,35)36)25-12-7-9-21(2)19-25/h7,9,12,14-17,19,24,26H,4-6,8,10-11,13,18,20H2,1-3H3,(H,30,34). The Labute approximate surface area is 226 Å². The van der Waals surface area contributed by atoms with Crippen molar-refractivity contribution in [1.82, 2.24) is 10.2 Å². The van der Waals surface area contributed by atoms with E-state index in [-0.39, 0.29) is 37.4 Å². The van der Waals surface area contributed by atoms with E-state index in [1.807, 2.05) is 44.2 Å². The number of benzene rings is 2. The first-order chi connectivity index (χ1) is 17.6. The van der Waals surface area contributed by atoms with Crippen LogP contribution in [-0.2, 0) is 26.2 Å². The molecule has 1 aliphatic carbocycles. The summed E-state index contributed by atoms with van der Waals surface area (Å²) in [5, 5.41) is 3.74. The van der Waals surface area contributed by atoms with Gasteiger partial charge in [0.05, 0.1) is 11.9 Å². The van der Waals surface area contributed by atoms with E-state index in [0.717, 1.165) is 36.8 Å². The maximum absolute atomic E-state index is 13.5. The number of nitrogens with zero attached hydrogens (tertiary/aromatic N) is 2.